The van der Waals surface area contributed by atoms with Crippen molar-refractivity contribution in [2.75, 3.05) is 14.2 Å². The minimum absolute atomic E-state index is 0.0492. The summed E-state index contributed by atoms with van der Waals surface area (Å²) >= 11 is 0. The third-order valence-corrected chi connectivity index (χ3v) is 3.56. The van der Waals surface area contributed by atoms with E-state index in [0.29, 0.717) is 0 Å². The van der Waals surface area contributed by atoms with Crippen LogP contribution >= 0.6 is 0 Å². The summed E-state index contributed by atoms with van der Waals surface area (Å²) in [5, 5.41) is 12.1. The number of carbonyl (C=O) groups is 4. The highest BCUT2D eigenvalue weighted by Crippen LogP contribution is 2.20. The summed E-state index contributed by atoms with van der Waals surface area (Å²) in [6.07, 6.45) is -1.16. The van der Waals surface area contributed by atoms with Gasteiger partial charge in [-0.2, -0.15) is 0 Å². The first-order chi connectivity index (χ1) is 11.1. The molecule has 9 nitrogen and oxygen atoms in total. The number of esters is 2. The summed E-state index contributed by atoms with van der Waals surface area (Å²) in [4.78, 5) is 47.3. The fourth-order valence-corrected chi connectivity index (χ4v) is 2.24. The van der Waals surface area contributed by atoms with E-state index in [1.807, 2.05) is 13.8 Å². The number of primary amides is 1. The van der Waals surface area contributed by atoms with Crippen molar-refractivity contribution in [1.29, 1.82) is 0 Å². The van der Waals surface area contributed by atoms with Gasteiger partial charge in [0.25, 0.3) is 0 Å². The van der Waals surface area contributed by atoms with Crippen molar-refractivity contribution in [3.05, 3.63) is 0 Å². The van der Waals surface area contributed by atoms with Crippen LogP contribution in [0.25, 0.3) is 0 Å². The molecule has 24 heavy (non-hydrogen) atoms. The molecule has 0 rings (SSSR count). The quantitative estimate of drug-likeness (QED) is 0.357. The lowest BCUT2D eigenvalue weighted by molar-refractivity contribution is -0.162. The highest BCUT2D eigenvalue weighted by atomic mass is 16.5. The number of hydrogen-bond acceptors (Lipinski definition) is 7. The number of methoxy groups -OCH3 is 2. The molecule has 0 aliphatic rings. The van der Waals surface area contributed by atoms with Crippen LogP contribution in [0.5, 0.6) is 0 Å². The molecular weight excluding hydrogens is 320 g/mol. The molecule has 0 radical (unpaired) electrons. The van der Waals surface area contributed by atoms with Gasteiger partial charge >= 0.3 is 11.9 Å². The SMILES string of the molecule is COC(=O)C(C(=O)OC)[C@@H](C)[C@H](NC(=O)[C@H](O)CC(C)C)C(N)=O. The van der Waals surface area contributed by atoms with E-state index in [2.05, 4.69) is 14.8 Å². The van der Waals surface area contributed by atoms with Crippen LogP contribution in [-0.2, 0) is 28.7 Å². The number of nitrogens with two attached hydrogens (primary N) is 1. The molecule has 0 saturated carbocycles. The standard InChI is InChI=1S/C15H26N2O7/c1-7(2)6-9(18)13(20)17-11(12(16)19)8(3)10(14(21)23-4)15(22)24-5/h7-11,18H,6H2,1-5H3,(H2,16,19)(H,17,20)/t8-,9-,11+/m1/s1. The third kappa shape index (κ3) is 6.15. The number of amides is 2. The van der Waals surface area contributed by atoms with Gasteiger partial charge < -0.3 is 25.6 Å². The molecule has 0 heterocycles. The Morgan fingerprint density at radius 3 is 1.83 bits per heavy atom. The van der Waals surface area contributed by atoms with Gasteiger partial charge in [-0.25, -0.2) is 0 Å². The van der Waals surface area contributed by atoms with Gasteiger partial charge in [-0.15, -0.1) is 0 Å². The van der Waals surface area contributed by atoms with Gasteiger partial charge in [0.1, 0.15) is 12.1 Å². The Bertz CT molecular complexity index is 462. The Morgan fingerprint density at radius 2 is 1.50 bits per heavy atom. The number of aliphatic hydroxyl groups is 1. The van der Waals surface area contributed by atoms with Crippen LogP contribution in [0.3, 0.4) is 0 Å². The van der Waals surface area contributed by atoms with E-state index in [-0.39, 0.29) is 12.3 Å². The van der Waals surface area contributed by atoms with Gasteiger partial charge in [-0.3, -0.25) is 19.2 Å². The smallest absolute Gasteiger partial charge is 0.320 e. The molecule has 0 spiro atoms. The van der Waals surface area contributed by atoms with E-state index in [1.165, 1.54) is 6.92 Å². The van der Waals surface area contributed by atoms with Gasteiger partial charge in [-0.1, -0.05) is 20.8 Å². The molecule has 3 atom stereocenters. The van der Waals surface area contributed by atoms with Gasteiger partial charge in [0, 0.05) is 5.92 Å². The summed E-state index contributed by atoms with van der Waals surface area (Å²) < 4.78 is 9.07. The van der Waals surface area contributed by atoms with E-state index in [9.17, 15) is 24.3 Å². The lowest BCUT2D eigenvalue weighted by atomic mass is 9.86. The number of hydrogen-bond donors (Lipinski definition) is 3. The highest BCUT2D eigenvalue weighted by Gasteiger charge is 2.41. The van der Waals surface area contributed by atoms with E-state index in [4.69, 9.17) is 5.73 Å². The fraction of sp³-hybridized carbons (Fsp3) is 0.733. The first kappa shape index (κ1) is 21.8. The minimum Gasteiger partial charge on any atom is -0.468 e. The molecule has 0 unspecified atom stereocenters. The van der Waals surface area contributed by atoms with Crippen molar-refractivity contribution in [1.82, 2.24) is 5.32 Å². The summed E-state index contributed by atoms with van der Waals surface area (Å²) in [6, 6.07) is -1.36. The fourth-order valence-electron chi connectivity index (χ4n) is 2.24. The van der Waals surface area contributed by atoms with Gasteiger partial charge in [-0.05, 0) is 12.3 Å². The van der Waals surface area contributed by atoms with Crippen molar-refractivity contribution in [3.63, 3.8) is 0 Å². The normalized spacial score (nSPS) is 14.7. The topological polar surface area (TPSA) is 145 Å². The van der Waals surface area contributed by atoms with Crippen molar-refractivity contribution >= 4 is 23.8 Å². The zero-order chi connectivity index (χ0) is 19.0. The molecule has 0 bridgehead atoms. The van der Waals surface area contributed by atoms with E-state index in [0.717, 1.165) is 14.2 Å². The van der Waals surface area contributed by atoms with Crippen LogP contribution in [0, 0.1) is 17.8 Å². The largest absolute Gasteiger partial charge is 0.468 e. The van der Waals surface area contributed by atoms with E-state index < -0.39 is 47.7 Å². The maximum absolute atomic E-state index is 12.0. The zero-order valence-corrected chi connectivity index (χ0v) is 14.6. The predicted molar refractivity (Wildman–Crippen MR) is 83.3 cm³/mol. The van der Waals surface area contributed by atoms with Crippen LogP contribution in [0.4, 0.5) is 0 Å². The van der Waals surface area contributed by atoms with Gasteiger partial charge in [0.05, 0.1) is 14.2 Å². The highest BCUT2D eigenvalue weighted by molar-refractivity contribution is 5.97. The van der Waals surface area contributed by atoms with Crippen molar-refractivity contribution in [2.45, 2.75) is 39.3 Å². The summed E-state index contributed by atoms with van der Waals surface area (Å²) in [6.45, 7) is 5.01. The van der Waals surface area contributed by atoms with Crippen molar-refractivity contribution in [2.24, 2.45) is 23.5 Å². The monoisotopic (exact) mass is 346 g/mol. The number of aliphatic hydroxyl groups excluding tert-OH is 1. The van der Waals surface area contributed by atoms with Crippen molar-refractivity contribution < 1.29 is 33.8 Å². The average Bonchev–Trinajstić information content (AvgIpc) is 2.50. The number of ether oxygens (including phenoxy) is 2. The zero-order valence-electron chi connectivity index (χ0n) is 14.6. The second-order valence-corrected chi connectivity index (χ2v) is 5.92. The van der Waals surface area contributed by atoms with Crippen LogP contribution in [0.1, 0.15) is 27.2 Å². The molecule has 0 aliphatic carbocycles. The van der Waals surface area contributed by atoms with Crippen LogP contribution in [-0.4, -0.2) is 55.2 Å². The van der Waals surface area contributed by atoms with Crippen LogP contribution < -0.4 is 11.1 Å². The lowest BCUT2D eigenvalue weighted by Crippen LogP contribution is -2.54. The lowest BCUT2D eigenvalue weighted by Gasteiger charge is -2.27. The Kier molecular flexibility index (Phi) is 8.97. The van der Waals surface area contributed by atoms with Crippen LogP contribution in [0.2, 0.25) is 0 Å². The number of rotatable bonds is 9. The third-order valence-electron chi connectivity index (χ3n) is 3.56. The molecular formula is C15H26N2O7. The molecule has 4 N–H and O–H groups in total. The Hall–Kier alpha value is -2.16. The molecule has 0 saturated heterocycles. The molecule has 2 amide bonds. The molecule has 138 valence electrons. The number of carbonyl (C=O) groups excluding carboxylic acids is 4. The maximum Gasteiger partial charge on any atom is 0.320 e. The van der Waals surface area contributed by atoms with Crippen molar-refractivity contribution in [3.8, 4) is 0 Å². The number of nitrogens with one attached hydrogen (secondary N) is 1. The average molecular weight is 346 g/mol. The predicted octanol–water partition coefficient (Wildman–Crippen LogP) is -1.04. The van der Waals surface area contributed by atoms with Gasteiger partial charge in [0.2, 0.25) is 11.8 Å². The first-order valence-electron chi connectivity index (χ1n) is 7.50. The molecule has 9 heteroatoms. The molecule has 0 aromatic rings. The summed E-state index contributed by atoms with van der Waals surface area (Å²) in [5.41, 5.74) is 5.27. The van der Waals surface area contributed by atoms with E-state index >= 15 is 0 Å². The maximum atomic E-state index is 12.0. The van der Waals surface area contributed by atoms with Gasteiger partial charge in [0.15, 0.2) is 5.92 Å². The summed E-state index contributed by atoms with van der Waals surface area (Å²) in [5.74, 6) is -6.03. The molecule has 0 aliphatic heterocycles. The van der Waals surface area contributed by atoms with E-state index in [1.54, 1.807) is 0 Å². The Balaban J connectivity index is 5.34. The van der Waals surface area contributed by atoms with Crippen LogP contribution in [0.15, 0.2) is 0 Å². The molecule has 0 aromatic heterocycles. The molecule has 0 aromatic carbocycles. The Labute approximate surface area is 140 Å². The second-order valence-electron chi connectivity index (χ2n) is 5.92. The Morgan fingerprint density at radius 1 is 1.04 bits per heavy atom. The summed E-state index contributed by atoms with van der Waals surface area (Å²) in [7, 11) is 2.16. The first-order valence-corrected chi connectivity index (χ1v) is 7.50. The minimum atomic E-state index is -1.44. The second kappa shape index (κ2) is 9.86. The molecule has 0 fully saturated rings.